The number of anilines is 1. The summed E-state index contributed by atoms with van der Waals surface area (Å²) >= 11 is 0. The second-order valence-electron chi connectivity index (χ2n) is 7.51. The number of ketones is 1. The van der Waals surface area contributed by atoms with Gasteiger partial charge in [0.1, 0.15) is 13.2 Å². The molecule has 3 heterocycles. The minimum absolute atomic E-state index is 0.0363. The van der Waals surface area contributed by atoms with Gasteiger partial charge in [-0.1, -0.05) is 18.2 Å². The van der Waals surface area contributed by atoms with Gasteiger partial charge in [0.2, 0.25) is 11.7 Å². The SMILES string of the molecule is O=C(COC(=O)[C@H]1CC(=O)N(c2ccc3c(c2)OCCO3)C1)c1c[nH]c2ccccc12. The largest absolute Gasteiger partial charge is 0.486 e. The zero-order valence-corrected chi connectivity index (χ0v) is 16.6. The fourth-order valence-corrected chi connectivity index (χ4v) is 3.95. The van der Waals surface area contributed by atoms with Gasteiger partial charge in [-0.15, -0.1) is 0 Å². The second kappa shape index (κ2) is 7.79. The van der Waals surface area contributed by atoms with Crippen molar-refractivity contribution in [2.75, 3.05) is 31.3 Å². The molecule has 2 aliphatic heterocycles. The molecule has 1 fully saturated rings. The van der Waals surface area contributed by atoms with E-state index >= 15 is 0 Å². The van der Waals surface area contributed by atoms with E-state index in [-0.39, 0.29) is 31.3 Å². The molecule has 0 bridgehead atoms. The number of amides is 1. The summed E-state index contributed by atoms with van der Waals surface area (Å²) in [5.41, 5.74) is 1.96. The number of ether oxygens (including phenoxy) is 3. The van der Waals surface area contributed by atoms with Crippen molar-refractivity contribution in [3.63, 3.8) is 0 Å². The smallest absolute Gasteiger partial charge is 0.311 e. The fourth-order valence-electron chi connectivity index (χ4n) is 3.95. The van der Waals surface area contributed by atoms with Gasteiger partial charge in [0.25, 0.3) is 0 Å². The van der Waals surface area contributed by atoms with Crippen LogP contribution in [0.25, 0.3) is 10.9 Å². The lowest BCUT2D eigenvalue weighted by Gasteiger charge is -2.22. The van der Waals surface area contributed by atoms with Crippen LogP contribution in [0.5, 0.6) is 11.5 Å². The second-order valence-corrected chi connectivity index (χ2v) is 7.51. The minimum Gasteiger partial charge on any atom is -0.486 e. The molecule has 5 rings (SSSR count). The molecule has 0 aliphatic carbocycles. The van der Waals surface area contributed by atoms with E-state index in [2.05, 4.69) is 4.98 Å². The summed E-state index contributed by atoms with van der Waals surface area (Å²) in [4.78, 5) is 42.1. The summed E-state index contributed by atoms with van der Waals surface area (Å²) in [7, 11) is 0. The fraction of sp³-hybridized carbons (Fsp3) is 0.261. The van der Waals surface area contributed by atoms with Crippen LogP contribution in [0.15, 0.2) is 48.7 Å². The molecule has 158 valence electrons. The van der Waals surface area contributed by atoms with Crippen molar-refractivity contribution in [3.05, 3.63) is 54.2 Å². The summed E-state index contributed by atoms with van der Waals surface area (Å²) in [5, 5.41) is 0.782. The molecule has 0 radical (unpaired) electrons. The normalized spacial score (nSPS) is 17.7. The number of hydrogen-bond donors (Lipinski definition) is 1. The first-order valence-electron chi connectivity index (χ1n) is 10.1. The van der Waals surface area contributed by atoms with Crippen LogP contribution >= 0.6 is 0 Å². The first-order chi connectivity index (χ1) is 15.1. The number of aromatic nitrogens is 1. The number of aromatic amines is 1. The van der Waals surface area contributed by atoms with Gasteiger partial charge in [0, 0.05) is 47.4 Å². The van der Waals surface area contributed by atoms with Crippen molar-refractivity contribution < 1.29 is 28.6 Å². The molecular formula is C23H20N2O6. The van der Waals surface area contributed by atoms with E-state index in [1.165, 1.54) is 4.90 Å². The molecule has 8 nitrogen and oxygen atoms in total. The monoisotopic (exact) mass is 420 g/mol. The van der Waals surface area contributed by atoms with Gasteiger partial charge in [-0.05, 0) is 18.2 Å². The highest BCUT2D eigenvalue weighted by Gasteiger charge is 2.37. The summed E-state index contributed by atoms with van der Waals surface area (Å²) in [6, 6.07) is 12.7. The molecule has 31 heavy (non-hydrogen) atoms. The highest BCUT2D eigenvalue weighted by atomic mass is 16.6. The molecule has 2 aliphatic rings. The Kier molecular flexibility index (Phi) is 4.82. The van der Waals surface area contributed by atoms with E-state index in [9.17, 15) is 14.4 Å². The number of carbonyl (C=O) groups excluding carboxylic acids is 3. The van der Waals surface area contributed by atoms with Gasteiger partial charge in [-0.25, -0.2) is 0 Å². The number of nitrogens with one attached hydrogen (secondary N) is 1. The van der Waals surface area contributed by atoms with Crippen LogP contribution in [0.1, 0.15) is 16.8 Å². The molecule has 1 atom stereocenters. The molecule has 3 aromatic rings. The van der Waals surface area contributed by atoms with Crippen LogP contribution in [0, 0.1) is 5.92 Å². The van der Waals surface area contributed by atoms with Crippen molar-refractivity contribution in [1.29, 1.82) is 0 Å². The van der Waals surface area contributed by atoms with Gasteiger partial charge in [0.05, 0.1) is 5.92 Å². The third-order valence-electron chi connectivity index (χ3n) is 5.53. The van der Waals surface area contributed by atoms with Crippen molar-refractivity contribution in [2.24, 2.45) is 5.92 Å². The van der Waals surface area contributed by atoms with Crippen molar-refractivity contribution in [2.45, 2.75) is 6.42 Å². The lowest BCUT2D eigenvalue weighted by Crippen LogP contribution is -2.27. The number of nitrogens with zero attached hydrogens (tertiary/aromatic N) is 1. The van der Waals surface area contributed by atoms with Gasteiger partial charge in [0.15, 0.2) is 18.1 Å². The van der Waals surface area contributed by atoms with E-state index in [1.807, 2.05) is 24.3 Å². The Hall–Kier alpha value is -3.81. The van der Waals surface area contributed by atoms with Crippen LogP contribution in [0.3, 0.4) is 0 Å². The first-order valence-corrected chi connectivity index (χ1v) is 10.1. The number of benzene rings is 2. The lowest BCUT2D eigenvalue weighted by molar-refractivity contribution is -0.147. The molecule has 1 saturated heterocycles. The number of para-hydroxylation sites is 1. The third-order valence-corrected chi connectivity index (χ3v) is 5.53. The maximum atomic E-state index is 12.5. The average molecular weight is 420 g/mol. The zero-order chi connectivity index (χ0) is 21.4. The molecule has 0 spiro atoms. The Morgan fingerprint density at radius 1 is 1.10 bits per heavy atom. The molecule has 0 saturated carbocycles. The van der Waals surface area contributed by atoms with E-state index in [4.69, 9.17) is 14.2 Å². The predicted molar refractivity (Wildman–Crippen MR) is 111 cm³/mol. The average Bonchev–Trinajstić information content (AvgIpc) is 3.41. The van der Waals surface area contributed by atoms with Gasteiger partial charge < -0.3 is 24.1 Å². The Balaban J connectivity index is 1.23. The Morgan fingerprint density at radius 3 is 2.77 bits per heavy atom. The van der Waals surface area contributed by atoms with Gasteiger partial charge in [-0.2, -0.15) is 0 Å². The van der Waals surface area contributed by atoms with Crippen LogP contribution in [-0.2, 0) is 14.3 Å². The predicted octanol–water partition coefficient (Wildman–Crippen LogP) is 2.72. The highest BCUT2D eigenvalue weighted by molar-refractivity contribution is 6.09. The standard InChI is InChI=1S/C23H20N2O6/c26-19(17-11-24-18-4-2-1-3-16(17)18)13-31-23(28)14-9-22(27)25(12-14)15-5-6-20-21(10-15)30-8-7-29-20/h1-6,10-11,14,24H,7-9,12-13H2/t14-/m0/s1. The number of fused-ring (bicyclic) bond motifs is 2. The van der Waals surface area contributed by atoms with Crippen LogP contribution in [-0.4, -0.2) is 49.0 Å². The summed E-state index contributed by atoms with van der Waals surface area (Å²) in [6.07, 6.45) is 1.65. The molecule has 2 aromatic carbocycles. The van der Waals surface area contributed by atoms with Crippen LogP contribution < -0.4 is 14.4 Å². The van der Waals surface area contributed by atoms with E-state index in [0.29, 0.717) is 36.0 Å². The molecule has 1 aromatic heterocycles. The molecule has 8 heteroatoms. The quantitative estimate of drug-likeness (QED) is 0.504. The Labute approximate surface area is 177 Å². The molecule has 1 N–H and O–H groups in total. The van der Waals surface area contributed by atoms with Crippen molar-refractivity contribution in [1.82, 2.24) is 4.98 Å². The van der Waals surface area contributed by atoms with Crippen LogP contribution in [0.2, 0.25) is 0 Å². The minimum atomic E-state index is -0.628. The summed E-state index contributed by atoms with van der Waals surface area (Å²) in [5.74, 6) is -0.446. The number of H-pyrrole nitrogens is 1. The number of esters is 1. The van der Waals surface area contributed by atoms with E-state index in [0.717, 1.165) is 10.9 Å². The number of hydrogen-bond acceptors (Lipinski definition) is 6. The number of rotatable bonds is 5. The van der Waals surface area contributed by atoms with E-state index < -0.39 is 11.9 Å². The van der Waals surface area contributed by atoms with Crippen LogP contribution in [0.4, 0.5) is 5.69 Å². The van der Waals surface area contributed by atoms with Crippen molar-refractivity contribution in [3.8, 4) is 11.5 Å². The maximum Gasteiger partial charge on any atom is 0.311 e. The Morgan fingerprint density at radius 2 is 1.90 bits per heavy atom. The van der Waals surface area contributed by atoms with Gasteiger partial charge >= 0.3 is 5.97 Å². The van der Waals surface area contributed by atoms with Crippen molar-refractivity contribution >= 4 is 34.3 Å². The number of carbonyl (C=O) groups is 3. The first kappa shape index (κ1) is 19.2. The third kappa shape index (κ3) is 3.61. The Bertz CT molecular complexity index is 1180. The highest BCUT2D eigenvalue weighted by Crippen LogP contribution is 2.36. The maximum absolute atomic E-state index is 12.5. The summed E-state index contributed by atoms with van der Waals surface area (Å²) < 4.78 is 16.3. The molecule has 1 amide bonds. The number of Topliss-reactive ketones (excluding diaryl/α,β-unsaturated/α-hetero) is 1. The van der Waals surface area contributed by atoms with Gasteiger partial charge in [-0.3, -0.25) is 14.4 Å². The summed E-state index contributed by atoms with van der Waals surface area (Å²) in [6.45, 7) is 0.762. The molecule has 0 unspecified atom stereocenters. The topological polar surface area (TPSA) is 97.9 Å². The van der Waals surface area contributed by atoms with E-state index in [1.54, 1.807) is 24.4 Å². The zero-order valence-electron chi connectivity index (χ0n) is 16.6. The molecular weight excluding hydrogens is 400 g/mol. The lowest BCUT2D eigenvalue weighted by atomic mass is 10.1.